The summed E-state index contributed by atoms with van der Waals surface area (Å²) >= 11 is 5.56. The third-order valence-electron chi connectivity index (χ3n) is 2.20. The van der Waals surface area contributed by atoms with Crippen molar-refractivity contribution < 1.29 is 12.8 Å². The summed E-state index contributed by atoms with van der Waals surface area (Å²) in [6, 6.07) is 3.39. The fraction of sp³-hybridized carbons (Fsp3) is 0.100. The van der Waals surface area contributed by atoms with Crippen LogP contribution in [0, 0.1) is 5.82 Å². The summed E-state index contributed by atoms with van der Waals surface area (Å²) in [4.78, 5) is -0.435. The molecule has 1 aromatic carbocycles. The number of halogens is 2. The van der Waals surface area contributed by atoms with Crippen LogP contribution in [0.15, 0.2) is 35.5 Å². The average Bonchev–Trinajstić information content (AvgIpc) is 2.78. The van der Waals surface area contributed by atoms with E-state index in [4.69, 9.17) is 11.6 Å². The van der Waals surface area contributed by atoms with E-state index in [0.29, 0.717) is 5.56 Å². The Labute approximate surface area is 108 Å². The van der Waals surface area contributed by atoms with Crippen LogP contribution in [-0.2, 0) is 16.6 Å². The van der Waals surface area contributed by atoms with Gasteiger partial charge in [0.1, 0.15) is 10.7 Å². The van der Waals surface area contributed by atoms with Crippen molar-refractivity contribution in [2.24, 2.45) is 0 Å². The number of H-pyrrole nitrogens is 1. The molecule has 18 heavy (non-hydrogen) atoms. The Morgan fingerprint density at radius 2 is 2.22 bits per heavy atom. The Kier molecular flexibility index (Phi) is 3.65. The number of rotatable bonds is 4. The predicted molar refractivity (Wildman–Crippen MR) is 64.0 cm³/mol. The second-order valence-electron chi connectivity index (χ2n) is 3.51. The molecule has 0 aliphatic heterocycles. The highest BCUT2D eigenvalue weighted by atomic mass is 35.5. The zero-order chi connectivity index (χ0) is 13.2. The number of aromatic amines is 1. The lowest BCUT2D eigenvalue weighted by molar-refractivity contribution is 0.557. The van der Waals surface area contributed by atoms with Gasteiger partial charge in [-0.05, 0) is 18.2 Å². The summed E-state index contributed by atoms with van der Waals surface area (Å²) in [7, 11) is -3.91. The lowest BCUT2D eigenvalue weighted by atomic mass is 10.3. The molecule has 1 heterocycles. The van der Waals surface area contributed by atoms with Crippen molar-refractivity contribution in [3.8, 4) is 0 Å². The highest BCUT2D eigenvalue weighted by Crippen LogP contribution is 2.18. The van der Waals surface area contributed by atoms with Gasteiger partial charge in [0.2, 0.25) is 10.0 Å². The molecule has 0 atom stereocenters. The first-order valence-electron chi connectivity index (χ1n) is 4.91. The van der Waals surface area contributed by atoms with Crippen LogP contribution in [0.2, 0.25) is 5.02 Å². The minimum atomic E-state index is -3.91. The van der Waals surface area contributed by atoms with E-state index in [2.05, 4.69) is 14.9 Å². The van der Waals surface area contributed by atoms with Gasteiger partial charge in [0.05, 0.1) is 6.20 Å². The van der Waals surface area contributed by atoms with Crippen LogP contribution >= 0.6 is 11.6 Å². The van der Waals surface area contributed by atoms with Gasteiger partial charge in [0.15, 0.2) is 0 Å². The molecular weight excluding hydrogens is 281 g/mol. The molecule has 1 aromatic heterocycles. The lowest BCUT2D eigenvalue weighted by Gasteiger charge is -2.06. The van der Waals surface area contributed by atoms with E-state index in [0.717, 1.165) is 12.1 Å². The third kappa shape index (κ3) is 2.87. The summed E-state index contributed by atoms with van der Waals surface area (Å²) in [5, 5.41) is 6.36. The second-order valence-corrected chi connectivity index (χ2v) is 5.68. The molecule has 5 nitrogen and oxygen atoms in total. The van der Waals surface area contributed by atoms with E-state index in [1.807, 2.05) is 0 Å². The Morgan fingerprint density at radius 1 is 1.44 bits per heavy atom. The quantitative estimate of drug-likeness (QED) is 0.899. The van der Waals surface area contributed by atoms with Crippen molar-refractivity contribution >= 4 is 21.6 Å². The minimum absolute atomic E-state index is 0.0287. The summed E-state index contributed by atoms with van der Waals surface area (Å²) in [6.45, 7) is 0.0287. The maximum absolute atomic E-state index is 13.5. The van der Waals surface area contributed by atoms with Crippen molar-refractivity contribution in [3.05, 3.63) is 47.0 Å². The maximum Gasteiger partial charge on any atom is 0.243 e. The number of aromatic nitrogens is 2. The highest BCUT2D eigenvalue weighted by molar-refractivity contribution is 7.89. The van der Waals surface area contributed by atoms with E-state index < -0.39 is 20.7 Å². The van der Waals surface area contributed by atoms with Crippen LogP contribution in [0.1, 0.15) is 5.56 Å². The third-order valence-corrected chi connectivity index (χ3v) is 3.87. The van der Waals surface area contributed by atoms with Crippen LogP contribution in [0.25, 0.3) is 0 Å². The van der Waals surface area contributed by atoms with Crippen molar-refractivity contribution in [1.82, 2.24) is 14.9 Å². The first-order chi connectivity index (χ1) is 8.49. The van der Waals surface area contributed by atoms with Crippen LogP contribution in [0.5, 0.6) is 0 Å². The van der Waals surface area contributed by atoms with Crippen LogP contribution in [0.3, 0.4) is 0 Å². The molecule has 0 saturated carbocycles. The van der Waals surface area contributed by atoms with Gasteiger partial charge in [0.25, 0.3) is 0 Å². The fourth-order valence-corrected chi connectivity index (χ4v) is 2.56. The van der Waals surface area contributed by atoms with Gasteiger partial charge in [-0.1, -0.05) is 11.6 Å². The number of nitrogens with zero attached hydrogens (tertiary/aromatic N) is 1. The first-order valence-corrected chi connectivity index (χ1v) is 6.77. The lowest BCUT2D eigenvalue weighted by Crippen LogP contribution is -2.24. The summed E-state index contributed by atoms with van der Waals surface area (Å²) in [5.41, 5.74) is 0.646. The molecule has 0 spiro atoms. The van der Waals surface area contributed by atoms with E-state index in [1.165, 1.54) is 12.3 Å². The molecule has 0 aliphatic rings. The number of hydrogen-bond acceptors (Lipinski definition) is 3. The zero-order valence-electron chi connectivity index (χ0n) is 9.02. The number of nitrogens with one attached hydrogen (secondary N) is 2. The van der Waals surface area contributed by atoms with E-state index in [-0.39, 0.29) is 11.6 Å². The Bertz CT molecular complexity index is 643. The summed E-state index contributed by atoms with van der Waals surface area (Å²) in [5.74, 6) is -0.887. The smallest absolute Gasteiger partial charge is 0.243 e. The van der Waals surface area contributed by atoms with Gasteiger partial charge in [-0.15, -0.1) is 0 Å². The van der Waals surface area contributed by atoms with Crippen LogP contribution in [-0.4, -0.2) is 18.6 Å². The fourth-order valence-electron chi connectivity index (χ4n) is 1.32. The normalized spacial score (nSPS) is 11.7. The van der Waals surface area contributed by atoms with Crippen molar-refractivity contribution in [3.63, 3.8) is 0 Å². The average molecular weight is 290 g/mol. The van der Waals surface area contributed by atoms with Gasteiger partial charge in [0, 0.05) is 23.3 Å². The first kappa shape index (κ1) is 13.0. The van der Waals surface area contributed by atoms with Crippen LogP contribution < -0.4 is 4.72 Å². The van der Waals surface area contributed by atoms with Gasteiger partial charge >= 0.3 is 0 Å². The molecule has 0 unspecified atom stereocenters. The van der Waals surface area contributed by atoms with E-state index in [1.54, 1.807) is 6.20 Å². The minimum Gasteiger partial charge on any atom is -0.285 e. The Hall–Kier alpha value is -1.44. The molecule has 0 fully saturated rings. The molecule has 0 radical (unpaired) electrons. The summed E-state index contributed by atoms with van der Waals surface area (Å²) in [6.07, 6.45) is 3.02. The molecule has 0 aliphatic carbocycles. The molecule has 0 bridgehead atoms. The van der Waals surface area contributed by atoms with Crippen molar-refractivity contribution in [2.75, 3.05) is 0 Å². The zero-order valence-corrected chi connectivity index (χ0v) is 10.6. The molecule has 0 amide bonds. The van der Waals surface area contributed by atoms with E-state index in [9.17, 15) is 12.8 Å². The van der Waals surface area contributed by atoms with Crippen molar-refractivity contribution in [1.29, 1.82) is 0 Å². The summed E-state index contributed by atoms with van der Waals surface area (Å²) < 4.78 is 39.4. The molecule has 96 valence electrons. The van der Waals surface area contributed by atoms with Gasteiger partial charge < -0.3 is 0 Å². The second kappa shape index (κ2) is 5.05. The molecule has 0 saturated heterocycles. The van der Waals surface area contributed by atoms with Crippen LogP contribution in [0.4, 0.5) is 4.39 Å². The molecule has 2 N–H and O–H groups in total. The standard InChI is InChI=1S/C10H9ClFN3O2S/c11-8-1-2-10(9(12)3-8)18(16,17)15-6-7-4-13-14-5-7/h1-5,15H,6H2,(H,13,14). The Morgan fingerprint density at radius 3 is 2.83 bits per heavy atom. The van der Waals surface area contributed by atoms with Gasteiger partial charge in [-0.25, -0.2) is 17.5 Å². The SMILES string of the molecule is O=S(=O)(NCc1cn[nH]c1)c1ccc(Cl)cc1F. The molecule has 2 aromatic rings. The Balaban J connectivity index is 2.20. The molecular formula is C10H9ClFN3O2S. The van der Waals surface area contributed by atoms with E-state index >= 15 is 0 Å². The largest absolute Gasteiger partial charge is 0.285 e. The number of sulfonamides is 1. The monoisotopic (exact) mass is 289 g/mol. The van der Waals surface area contributed by atoms with Crippen molar-refractivity contribution in [2.45, 2.75) is 11.4 Å². The molecule has 2 rings (SSSR count). The molecule has 8 heteroatoms. The maximum atomic E-state index is 13.5. The van der Waals surface area contributed by atoms with Gasteiger partial charge in [-0.2, -0.15) is 5.10 Å². The number of benzene rings is 1. The topological polar surface area (TPSA) is 74.8 Å². The predicted octanol–water partition coefficient (Wildman–Crippen LogP) is 1.68. The highest BCUT2D eigenvalue weighted by Gasteiger charge is 2.18. The van der Waals surface area contributed by atoms with Gasteiger partial charge in [-0.3, -0.25) is 5.10 Å². The number of hydrogen-bond donors (Lipinski definition) is 2.